The molecule has 2 heterocycles. The van der Waals surface area contributed by atoms with Gasteiger partial charge < -0.3 is 9.64 Å². The van der Waals surface area contributed by atoms with E-state index in [1.165, 1.54) is 6.20 Å². The molecule has 5 heteroatoms. The van der Waals surface area contributed by atoms with Crippen molar-refractivity contribution in [2.45, 2.75) is 25.9 Å². The minimum atomic E-state index is 0.104. The SMILES string of the molecule is [C-]#[N+]c1ccc(OC2CCN(C(C)=O)CC2)nc1. The van der Waals surface area contributed by atoms with Gasteiger partial charge in [-0.05, 0) is 12.1 Å². The van der Waals surface area contributed by atoms with Crippen LogP contribution >= 0.6 is 0 Å². The molecule has 0 radical (unpaired) electrons. The van der Waals surface area contributed by atoms with Crippen LogP contribution in [0.5, 0.6) is 5.88 Å². The summed E-state index contributed by atoms with van der Waals surface area (Å²) in [6.45, 7) is 9.90. The van der Waals surface area contributed by atoms with Crippen LogP contribution in [0.15, 0.2) is 18.3 Å². The van der Waals surface area contributed by atoms with Crippen molar-refractivity contribution in [3.05, 3.63) is 29.7 Å². The van der Waals surface area contributed by atoms with Gasteiger partial charge in [0, 0.05) is 39.1 Å². The van der Waals surface area contributed by atoms with E-state index in [0.717, 1.165) is 25.9 Å². The topological polar surface area (TPSA) is 46.8 Å². The first kappa shape index (κ1) is 12.4. The third-order valence-corrected chi connectivity index (χ3v) is 3.02. The van der Waals surface area contributed by atoms with Crippen molar-refractivity contribution in [1.82, 2.24) is 9.88 Å². The summed E-state index contributed by atoms with van der Waals surface area (Å²) in [5.74, 6) is 0.664. The lowest BCUT2D eigenvalue weighted by Gasteiger charge is -2.31. The Morgan fingerprint density at radius 2 is 2.22 bits per heavy atom. The van der Waals surface area contributed by atoms with Gasteiger partial charge in [-0.15, -0.1) is 0 Å². The van der Waals surface area contributed by atoms with Crippen molar-refractivity contribution in [3.8, 4) is 5.88 Å². The van der Waals surface area contributed by atoms with Gasteiger partial charge in [0.15, 0.2) is 0 Å². The van der Waals surface area contributed by atoms with Gasteiger partial charge in [0.2, 0.25) is 17.5 Å². The first-order chi connectivity index (χ1) is 8.69. The van der Waals surface area contributed by atoms with E-state index >= 15 is 0 Å². The number of hydrogen-bond acceptors (Lipinski definition) is 3. The Morgan fingerprint density at radius 3 is 2.72 bits per heavy atom. The molecule has 2 rings (SSSR count). The Hall–Kier alpha value is -2.09. The van der Waals surface area contributed by atoms with E-state index in [9.17, 15) is 4.79 Å². The van der Waals surface area contributed by atoms with Crippen molar-refractivity contribution in [1.29, 1.82) is 0 Å². The van der Waals surface area contributed by atoms with Crippen LogP contribution in [0.3, 0.4) is 0 Å². The highest BCUT2D eigenvalue weighted by Crippen LogP contribution is 2.19. The first-order valence-electron chi connectivity index (χ1n) is 5.94. The maximum Gasteiger partial charge on any atom is 0.219 e. The van der Waals surface area contributed by atoms with E-state index in [-0.39, 0.29) is 12.0 Å². The zero-order valence-corrected chi connectivity index (χ0v) is 10.3. The minimum Gasteiger partial charge on any atom is -0.474 e. The molecule has 1 amide bonds. The summed E-state index contributed by atoms with van der Waals surface area (Å²) in [5.41, 5.74) is 0.508. The van der Waals surface area contributed by atoms with E-state index in [1.54, 1.807) is 19.1 Å². The van der Waals surface area contributed by atoms with Crippen molar-refractivity contribution >= 4 is 11.6 Å². The van der Waals surface area contributed by atoms with Crippen LogP contribution in [0.4, 0.5) is 5.69 Å². The molecule has 1 saturated heterocycles. The Balaban J connectivity index is 1.87. The van der Waals surface area contributed by atoms with E-state index in [2.05, 4.69) is 9.83 Å². The van der Waals surface area contributed by atoms with Crippen molar-refractivity contribution in [3.63, 3.8) is 0 Å². The Labute approximate surface area is 106 Å². The zero-order valence-electron chi connectivity index (χ0n) is 10.3. The fourth-order valence-corrected chi connectivity index (χ4v) is 1.97. The molecule has 94 valence electrons. The third-order valence-electron chi connectivity index (χ3n) is 3.02. The third kappa shape index (κ3) is 2.98. The molecular formula is C13H15N3O2. The quantitative estimate of drug-likeness (QED) is 0.749. The van der Waals surface area contributed by atoms with Crippen LogP contribution in [-0.2, 0) is 4.79 Å². The second kappa shape index (κ2) is 5.50. The maximum absolute atomic E-state index is 11.2. The number of rotatable bonds is 2. The molecule has 0 N–H and O–H groups in total. The second-order valence-electron chi connectivity index (χ2n) is 4.29. The number of pyridine rings is 1. The van der Waals surface area contributed by atoms with Gasteiger partial charge in [-0.1, -0.05) is 0 Å². The number of ether oxygens (including phenoxy) is 1. The Bertz CT molecular complexity index is 456. The highest BCUT2D eigenvalue weighted by molar-refractivity contribution is 5.73. The molecule has 1 aromatic rings. The van der Waals surface area contributed by atoms with Crippen LogP contribution in [0.1, 0.15) is 19.8 Å². The number of likely N-dealkylation sites (tertiary alicyclic amines) is 1. The number of piperidine rings is 1. The zero-order chi connectivity index (χ0) is 13.0. The molecule has 0 spiro atoms. The van der Waals surface area contributed by atoms with Gasteiger partial charge in [-0.25, -0.2) is 9.83 Å². The predicted octanol–water partition coefficient (Wildman–Crippen LogP) is 2.02. The Kier molecular flexibility index (Phi) is 3.78. The van der Waals surface area contributed by atoms with E-state index in [0.29, 0.717) is 11.6 Å². The maximum atomic E-state index is 11.2. The van der Waals surface area contributed by atoms with Crippen LogP contribution < -0.4 is 4.74 Å². The lowest BCUT2D eigenvalue weighted by Crippen LogP contribution is -2.40. The normalized spacial score (nSPS) is 16.1. The highest BCUT2D eigenvalue weighted by Gasteiger charge is 2.22. The van der Waals surface area contributed by atoms with Crippen LogP contribution in [0.25, 0.3) is 4.85 Å². The molecule has 0 unspecified atom stereocenters. The lowest BCUT2D eigenvalue weighted by molar-refractivity contribution is -0.130. The molecule has 1 aromatic heterocycles. The largest absolute Gasteiger partial charge is 0.474 e. The van der Waals surface area contributed by atoms with E-state index in [1.807, 2.05) is 4.90 Å². The number of nitrogens with zero attached hydrogens (tertiary/aromatic N) is 3. The highest BCUT2D eigenvalue weighted by atomic mass is 16.5. The molecule has 0 saturated carbocycles. The van der Waals surface area contributed by atoms with Gasteiger partial charge in [-0.2, -0.15) is 0 Å². The summed E-state index contributed by atoms with van der Waals surface area (Å²) >= 11 is 0. The summed E-state index contributed by atoms with van der Waals surface area (Å²) in [7, 11) is 0. The first-order valence-corrected chi connectivity index (χ1v) is 5.94. The van der Waals surface area contributed by atoms with Crippen LogP contribution in [0.2, 0.25) is 0 Å². The number of carbonyl (C=O) groups excluding carboxylic acids is 1. The molecule has 18 heavy (non-hydrogen) atoms. The Morgan fingerprint density at radius 1 is 1.50 bits per heavy atom. The number of hydrogen-bond donors (Lipinski definition) is 0. The minimum absolute atomic E-state index is 0.104. The molecule has 1 fully saturated rings. The van der Waals surface area contributed by atoms with E-state index in [4.69, 9.17) is 11.3 Å². The molecule has 1 aliphatic heterocycles. The molecule has 0 aromatic carbocycles. The number of amides is 1. The molecule has 0 atom stereocenters. The summed E-state index contributed by atoms with van der Waals surface area (Å²) < 4.78 is 5.73. The summed E-state index contributed by atoms with van der Waals surface area (Å²) in [6, 6.07) is 3.41. The summed E-state index contributed by atoms with van der Waals surface area (Å²) in [4.78, 5) is 20.4. The van der Waals surface area contributed by atoms with E-state index < -0.39 is 0 Å². The summed E-state index contributed by atoms with van der Waals surface area (Å²) in [6.07, 6.45) is 3.26. The summed E-state index contributed by atoms with van der Waals surface area (Å²) in [5, 5.41) is 0. The monoisotopic (exact) mass is 245 g/mol. The smallest absolute Gasteiger partial charge is 0.219 e. The van der Waals surface area contributed by atoms with Crippen molar-refractivity contribution < 1.29 is 9.53 Å². The fraction of sp³-hybridized carbons (Fsp3) is 0.462. The molecule has 0 bridgehead atoms. The average molecular weight is 245 g/mol. The van der Waals surface area contributed by atoms with Crippen LogP contribution in [0, 0.1) is 6.57 Å². The average Bonchev–Trinajstić information content (AvgIpc) is 2.40. The fourth-order valence-electron chi connectivity index (χ4n) is 1.97. The predicted molar refractivity (Wildman–Crippen MR) is 66.4 cm³/mol. The molecule has 5 nitrogen and oxygen atoms in total. The van der Waals surface area contributed by atoms with Gasteiger partial charge in [-0.3, -0.25) is 4.79 Å². The van der Waals surface area contributed by atoms with Gasteiger partial charge in [0.1, 0.15) is 6.10 Å². The number of carbonyl (C=O) groups is 1. The lowest BCUT2D eigenvalue weighted by atomic mass is 10.1. The number of aromatic nitrogens is 1. The van der Waals surface area contributed by atoms with Gasteiger partial charge >= 0.3 is 0 Å². The van der Waals surface area contributed by atoms with Gasteiger partial charge in [0.25, 0.3) is 0 Å². The van der Waals surface area contributed by atoms with Crippen molar-refractivity contribution in [2.24, 2.45) is 0 Å². The molecular weight excluding hydrogens is 230 g/mol. The van der Waals surface area contributed by atoms with Crippen molar-refractivity contribution in [2.75, 3.05) is 13.1 Å². The van der Waals surface area contributed by atoms with Crippen LogP contribution in [-0.4, -0.2) is 35.0 Å². The standard InChI is InChI=1S/C13H15N3O2/c1-10(17)16-7-5-12(6-8-16)18-13-4-3-11(14-2)9-15-13/h3-4,9,12H,5-8H2,1H3. The second-order valence-corrected chi connectivity index (χ2v) is 4.29. The molecule has 0 aliphatic carbocycles. The molecule has 1 aliphatic rings. The van der Waals surface area contributed by atoms with Gasteiger partial charge in [0.05, 0.1) is 6.57 Å².